The molecule has 1 aliphatic rings. The Kier molecular flexibility index (Phi) is 3.30. The van der Waals surface area contributed by atoms with Crippen molar-refractivity contribution >= 4 is 5.97 Å². The molecule has 1 aromatic heterocycles. The Hall–Kier alpha value is -2.10. The van der Waals surface area contributed by atoms with Gasteiger partial charge in [0.1, 0.15) is 11.3 Å². The van der Waals surface area contributed by atoms with Crippen LogP contribution in [0.1, 0.15) is 47.6 Å². The SMILES string of the molecule is Cc1ccccc1-c1nn(C2CCCC2)cc1C(=O)O. The number of aromatic carboxylic acids is 1. The zero-order valence-corrected chi connectivity index (χ0v) is 11.5. The molecule has 1 heterocycles. The number of carboxylic acids is 1. The number of nitrogens with zero attached hydrogens (tertiary/aromatic N) is 2. The van der Waals surface area contributed by atoms with Crippen molar-refractivity contribution in [1.82, 2.24) is 9.78 Å². The van der Waals surface area contributed by atoms with Gasteiger partial charge in [-0.15, -0.1) is 0 Å². The molecular weight excluding hydrogens is 252 g/mol. The molecule has 1 aromatic carbocycles. The molecule has 4 heteroatoms. The lowest BCUT2D eigenvalue weighted by Gasteiger charge is -2.09. The number of carboxylic acid groups (broad SMARTS) is 1. The van der Waals surface area contributed by atoms with Crippen LogP contribution in [0.2, 0.25) is 0 Å². The molecule has 20 heavy (non-hydrogen) atoms. The third-order valence-corrected chi connectivity index (χ3v) is 4.06. The molecule has 1 aliphatic carbocycles. The molecule has 0 aliphatic heterocycles. The molecule has 1 fully saturated rings. The fraction of sp³-hybridized carbons (Fsp3) is 0.375. The minimum atomic E-state index is -0.910. The first-order chi connectivity index (χ1) is 9.66. The number of rotatable bonds is 3. The lowest BCUT2D eigenvalue weighted by atomic mass is 10.0. The molecule has 2 aromatic rings. The standard InChI is InChI=1S/C16H18N2O2/c1-11-6-2-5-9-13(11)15-14(16(19)20)10-18(17-15)12-7-3-4-8-12/h2,5-6,9-10,12H,3-4,7-8H2,1H3,(H,19,20). The predicted molar refractivity (Wildman–Crippen MR) is 76.9 cm³/mol. The molecule has 4 nitrogen and oxygen atoms in total. The van der Waals surface area contributed by atoms with Crippen LogP contribution in [0.4, 0.5) is 0 Å². The second-order valence-electron chi connectivity index (χ2n) is 5.43. The summed E-state index contributed by atoms with van der Waals surface area (Å²) in [6.07, 6.45) is 6.28. The van der Waals surface area contributed by atoms with E-state index in [9.17, 15) is 9.90 Å². The summed E-state index contributed by atoms with van der Waals surface area (Å²) < 4.78 is 1.86. The fourth-order valence-electron chi connectivity index (χ4n) is 2.94. The number of hydrogen-bond acceptors (Lipinski definition) is 2. The number of aryl methyl sites for hydroxylation is 1. The highest BCUT2D eigenvalue weighted by Gasteiger charge is 2.23. The monoisotopic (exact) mass is 270 g/mol. The van der Waals surface area contributed by atoms with Gasteiger partial charge in [0.2, 0.25) is 0 Å². The molecule has 0 bridgehead atoms. The predicted octanol–water partition coefficient (Wildman–Crippen LogP) is 3.67. The summed E-state index contributed by atoms with van der Waals surface area (Å²) in [6.45, 7) is 1.98. The van der Waals surface area contributed by atoms with Crippen LogP contribution in [-0.4, -0.2) is 20.9 Å². The average Bonchev–Trinajstić information content (AvgIpc) is 3.08. The van der Waals surface area contributed by atoms with Crippen molar-refractivity contribution < 1.29 is 9.90 Å². The van der Waals surface area contributed by atoms with Gasteiger partial charge < -0.3 is 5.11 Å². The largest absolute Gasteiger partial charge is 0.478 e. The molecule has 0 amide bonds. The van der Waals surface area contributed by atoms with Gasteiger partial charge in [-0.3, -0.25) is 4.68 Å². The van der Waals surface area contributed by atoms with Crippen molar-refractivity contribution in [2.24, 2.45) is 0 Å². The summed E-state index contributed by atoms with van der Waals surface area (Å²) in [7, 11) is 0. The number of aromatic nitrogens is 2. The summed E-state index contributed by atoms with van der Waals surface area (Å²) in [5.74, 6) is -0.910. The van der Waals surface area contributed by atoms with Crippen LogP contribution >= 0.6 is 0 Å². The van der Waals surface area contributed by atoms with Gasteiger partial charge >= 0.3 is 5.97 Å². The van der Waals surface area contributed by atoms with E-state index in [1.54, 1.807) is 6.20 Å². The van der Waals surface area contributed by atoms with E-state index in [1.165, 1.54) is 12.8 Å². The zero-order chi connectivity index (χ0) is 14.1. The zero-order valence-electron chi connectivity index (χ0n) is 11.5. The van der Waals surface area contributed by atoms with Crippen LogP contribution in [-0.2, 0) is 0 Å². The van der Waals surface area contributed by atoms with Crippen LogP contribution in [0.15, 0.2) is 30.5 Å². The van der Waals surface area contributed by atoms with Crippen LogP contribution in [0.25, 0.3) is 11.3 Å². The van der Waals surface area contributed by atoms with E-state index in [2.05, 4.69) is 5.10 Å². The van der Waals surface area contributed by atoms with E-state index in [4.69, 9.17) is 0 Å². The van der Waals surface area contributed by atoms with Gasteiger partial charge in [0.25, 0.3) is 0 Å². The van der Waals surface area contributed by atoms with Crippen molar-refractivity contribution in [2.45, 2.75) is 38.6 Å². The first-order valence-electron chi connectivity index (χ1n) is 7.05. The summed E-state index contributed by atoms with van der Waals surface area (Å²) >= 11 is 0. The topological polar surface area (TPSA) is 55.1 Å². The first-order valence-corrected chi connectivity index (χ1v) is 7.05. The fourth-order valence-corrected chi connectivity index (χ4v) is 2.94. The van der Waals surface area contributed by atoms with Gasteiger partial charge in [0.05, 0.1) is 6.04 Å². The Morgan fingerprint density at radius 3 is 2.65 bits per heavy atom. The van der Waals surface area contributed by atoms with Gasteiger partial charge in [-0.2, -0.15) is 5.10 Å². The number of benzene rings is 1. The third kappa shape index (κ3) is 2.22. The summed E-state index contributed by atoms with van der Waals surface area (Å²) in [6, 6.07) is 8.14. The Bertz CT molecular complexity index is 640. The van der Waals surface area contributed by atoms with Crippen LogP contribution in [0.3, 0.4) is 0 Å². The van der Waals surface area contributed by atoms with Crippen LogP contribution in [0, 0.1) is 6.92 Å². The quantitative estimate of drug-likeness (QED) is 0.925. The van der Waals surface area contributed by atoms with Crippen molar-refractivity contribution in [3.8, 4) is 11.3 Å². The molecule has 0 unspecified atom stereocenters. The highest BCUT2D eigenvalue weighted by Crippen LogP contribution is 2.32. The molecule has 0 atom stereocenters. The maximum Gasteiger partial charge on any atom is 0.339 e. The van der Waals surface area contributed by atoms with E-state index in [1.807, 2.05) is 35.9 Å². The lowest BCUT2D eigenvalue weighted by Crippen LogP contribution is -2.05. The van der Waals surface area contributed by atoms with E-state index >= 15 is 0 Å². The summed E-state index contributed by atoms with van der Waals surface area (Å²) in [5.41, 5.74) is 2.84. The summed E-state index contributed by atoms with van der Waals surface area (Å²) in [5, 5.41) is 14.0. The summed E-state index contributed by atoms with van der Waals surface area (Å²) in [4.78, 5) is 11.5. The molecule has 1 N–H and O–H groups in total. The Morgan fingerprint density at radius 1 is 1.30 bits per heavy atom. The lowest BCUT2D eigenvalue weighted by molar-refractivity contribution is 0.0697. The van der Waals surface area contributed by atoms with Gasteiger partial charge in [-0.05, 0) is 25.3 Å². The van der Waals surface area contributed by atoms with Gasteiger partial charge in [0.15, 0.2) is 0 Å². The molecule has 0 radical (unpaired) electrons. The van der Waals surface area contributed by atoms with Gasteiger partial charge in [-0.1, -0.05) is 37.1 Å². The Labute approximate surface area is 118 Å². The molecule has 0 saturated heterocycles. The minimum Gasteiger partial charge on any atom is -0.478 e. The highest BCUT2D eigenvalue weighted by molar-refractivity contribution is 5.95. The molecule has 3 rings (SSSR count). The van der Waals surface area contributed by atoms with Crippen molar-refractivity contribution in [2.75, 3.05) is 0 Å². The Balaban J connectivity index is 2.09. The van der Waals surface area contributed by atoms with Crippen LogP contribution < -0.4 is 0 Å². The second kappa shape index (κ2) is 5.12. The van der Waals surface area contributed by atoms with Crippen LogP contribution in [0.5, 0.6) is 0 Å². The third-order valence-electron chi connectivity index (χ3n) is 4.06. The van der Waals surface area contributed by atoms with Gasteiger partial charge in [0, 0.05) is 11.8 Å². The highest BCUT2D eigenvalue weighted by atomic mass is 16.4. The van der Waals surface area contributed by atoms with E-state index in [0.717, 1.165) is 24.0 Å². The smallest absolute Gasteiger partial charge is 0.339 e. The minimum absolute atomic E-state index is 0.297. The normalized spacial score (nSPS) is 15.7. The van der Waals surface area contributed by atoms with E-state index in [-0.39, 0.29) is 0 Å². The van der Waals surface area contributed by atoms with Crippen molar-refractivity contribution in [3.63, 3.8) is 0 Å². The maximum atomic E-state index is 11.5. The van der Waals surface area contributed by atoms with Gasteiger partial charge in [-0.25, -0.2) is 4.79 Å². The van der Waals surface area contributed by atoms with E-state index < -0.39 is 5.97 Å². The maximum absolute atomic E-state index is 11.5. The number of carbonyl (C=O) groups is 1. The molecule has 0 spiro atoms. The molecule has 104 valence electrons. The van der Waals surface area contributed by atoms with Crippen molar-refractivity contribution in [1.29, 1.82) is 0 Å². The Morgan fingerprint density at radius 2 is 2.00 bits per heavy atom. The van der Waals surface area contributed by atoms with E-state index in [0.29, 0.717) is 17.3 Å². The molecule has 1 saturated carbocycles. The first kappa shape index (κ1) is 12.9. The number of hydrogen-bond donors (Lipinski definition) is 1. The second-order valence-corrected chi connectivity index (χ2v) is 5.43. The molecular formula is C16H18N2O2. The van der Waals surface area contributed by atoms with Crippen molar-refractivity contribution in [3.05, 3.63) is 41.6 Å². The average molecular weight is 270 g/mol.